The first-order valence-corrected chi connectivity index (χ1v) is 13.3. The van der Waals surface area contributed by atoms with Crippen LogP contribution < -0.4 is 9.47 Å². The van der Waals surface area contributed by atoms with E-state index in [-0.39, 0.29) is 12.0 Å². The largest absolute Gasteiger partial charge is 0.484 e. The number of aryl methyl sites for hydroxylation is 2. The van der Waals surface area contributed by atoms with Gasteiger partial charge >= 0.3 is 5.97 Å². The number of hydrogen-bond acceptors (Lipinski definition) is 6. The molecule has 3 atom stereocenters. The van der Waals surface area contributed by atoms with Gasteiger partial charge in [0.05, 0.1) is 30.6 Å². The molecule has 37 heavy (non-hydrogen) atoms. The van der Waals surface area contributed by atoms with Crippen LogP contribution in [0.5, 0.6) is 11.6 Å². The summed E-state index contributed by atoms with van der Waals surface area (Å²) in [5.41, 5.74) is 7.01. The van der Waals surface area contributed by atoms with Gasteiger partial charge in [0.25, 0.3) is 0 Å². The van der Waals surface area contributed by atoms with Crippen molar-refractivity contribution < 1.29 is 19.4 Å². The Bertz CT molecular complexity index is 1350. The highest BCUT2D eigenvalue weighted by Crippen LogP contribution is 2.48. The SMILES string of the molecule is COc1cc(-c2cnc(C3CCc4ccc([C@H](C5CC5)[C@H](C)C(=O)O)cc4O3)c(C)n2)c(C2CC2)cn1. The fourth-order valence-corrected chi connectivity index (χ4v) is 5.80. The molecule has 1 N–H and O–H groups in total. The average Bonchev–Trinajstić information content (AvgIpc) is 3.82. The lowest BCUT2D eigenvalue weighted by molar-refractivity contribution is -0.142. The third-order valence-corrected chi connectivity index (χ3v) is 8.18. The van der Waals surface area contributed by atoms with Crippen molar-refractivity contribution in [3.05, 3.63) is 64.7 Å². The molecule has 0 spiro atoms. The third-order valence-electron chi connectivity index (χ3n) is 8.18. The van der Waals surface area contributed by atoms with E-state index >= 15 is 0 Å². The molecule has 3 aliphatic rings. The first-order valence-electron chi connectivity index (χ1n) is 13.3. The maximum absolute atomic E-state index is 11.8. The lowest BCUT2D eigenvalue weighted by Crippen LogP contribution is -2.22. The molecule has 1 aromatic carbocycles. The minimum absolute atomic E-state index is 0.0191. The minimum atomic E-state index is -0.740. The number of nitrogens with zero attached hydrogens (tertiary/aromatic N) is 3. The van der Waals surface area contributed by atoms with E-state index in [0.29, 0.717) is 17.7 Å². The molecule has 6 rings (SSSR count). The summed E-state index contributed by atoms with van der Waals surface area (Å²) in [5.74, 6) is 1.26. The van der Waals surface area contributed by atoms with Gasteiger partial charge in [-0.05, 0) is 86.0 Å². The number of carbonyl (C=O) groups is 1. The van der Waals surface area contributed by atoms with Crippen molar-refractivity contribution in [2.45, 2.75) is 70.3 Å². The molecule has 3 aromatic rings. The number of aliphatic carboxylic acids is 1. The van der Waals surface area contributed by atoms with E-state index in [2.05, 4.69) is 23.2 Å². The van der Waals surface area contributed by atoms with Gasteiger partial charge in [0.2, 0.25) is 5.88 Å². The number of rotatable bonds is 8. The van der Waals surface area contributed by atoms with Crippen LogP contribution in [-0.2, 0) is 11.2 Å². The van der Waals surface area contributed by atoms with Crippen LogP contribution in [0.1, 0.15) is 85.0 Å². The van der Waals surface area contributed by atoms with Crippen LogP contribution in [0.4, 0.5) is 0 Å². The molecule has 2 aromatic heterocycles. The number of hydrogen-bond donors (Lipinski definition) is 1. The number of benzene rings is 1. The molecule has 2 saturated carbocycles. The predicted molar refractivity (Wildman–Crippen MR) is 139 cm³/mol. The van der Waals surface area contributed by atoms with E-state index in [1.165, 1.54) is 18.4 Å². The fraction of sp³-hybridized carbons (Fsp3) is 0.467. The van der Waals surface area contributed by atoms with Gasteiger partial charge < -0.3 is 14.6 Å². The maximum Gasteiger partial charge on any atom is 0.306 e. The van der Waals surface area contributed by atoms with Gasteiger partial charge in [-0.3, -0.25) is 9.78 Å². The van der Waals surface area contributed by atoms with Crippen molar-refractivity contribution in [1.29, 1.82) is 0 Å². The zero-order chi connectivity index (χ0) is 25.7. The van der Waals surface area contributed by atoms with E-state index < -0.39 is 11.9 Å². The molecular formula is C30H33N3O4. The molecule has 7 heteroatoms. The highest BCUT2D eigenvalue weighted by Gasteiger charge is 2.39. The van der Waals surface area contributed by atoms with Crippen LogP contribution in [0.2, 0.25) is 0 Å². The number of fused-ring (bicyclic) bond motifs is 1. The van der Waals surface area contributed by atoms with Crippen molar-refractivity contribution in [3.63, 3.8) is 0 Å². The van der Waals surface area contributed by atoms with Crippen LogP contribution in [0.3, 0.4) is 0 Å². The van der Waals surface area contributed by atoms with Crippen LogP contribution in [0.25, 0.3) is 11.3 Å². The topological polar surface area (TPSA) is 94.4 Å². The molecule has 0 bridgehead atoms. The molecule has 2 aliphatic carbocycles. The summed E-state index contributed by atoms with van der Waals surface area (Å²) in [6.07, 6.45) is 9.83. The van der Waals surface area contributed by atoms with Gasteiger partial charge in [-0.1, -0.05) is 19.1 Å². The number of aromatic nitrogens is 3. The van der Waals surface area contributed by atoms with Gasteiger partial charge in [0.15, 0.2) is 0 Å². The fourth-order valence-electron chi connectivity index (χ4n) is 5.80. The summed E-state index contributed by atoms with van der Waals surface area (Å²) >= 11 is 0. The summed E-state index contributed by atoms with van der Waals surface area (Å²) in [7, 11) is 1.63. The minimum Gasteiger partial charge on any atom is -0.484 e. The second kappa shape index (κ2) is 9.43. The Hall–Kier alpha value is -3.48. The Kier molecular flexibility index (Phi) is 6.09. The molecular weight excluding hydrogens is 466 g/mol. The first-order chi connectivity index (χ1) is 17.9. The molecule has 2 fully saturated rings. The Morgan fingerprint density at radius 3 is 2.59 bits per heavy atom. The zero-order valence-electron chi connectivity index (χ0n) is 21.6. The van der Waals surface area contributed by atoms with Crippen LogP contribution in [0, 0.1) is 18.8 Å². The monoisotopic (exact) mass is 499 g/mol. The molecule has 0 radical (unpaired) electrons. The Balaban J connectivity index is 1.27. The normalized spacial score (nSPS) is 20.5. The van der Waals surface area contributed by atoms with Crippen LogP contribution in [0.15, 0.2) is 36.7 Å². The van der Waals surface area contributed by atoms with Crippen molar-refractivity contribution in [1.82, 2.24) is 15.0 Å². The van der Waals surface area contributed by atoms with Crippen molar-refractivity contribution >= 4 is 5.97 Å². The van der Waals surface area contributed by atoms with Gasteiger partial charge in [-0.25, -0.2) is 9.97 Å². The molecule has 7 nitrogen and oxygen atoms in total. The molecule has 0 amide bonds. The van der Waals surface area contributed by atoms with E-state index in [1.54, 1.807) is 7.11 Å². The van der Waals surface area contributed by atoms with E-state index in [9.17, 15) is 9.90 Å². The van der Waals surface area contributed by atoms with Crippen LogP contribution >= 0.6 is 0 Å². The summed E-state index contributed by atoms with van der Waals surface area (Å²) in [6, 6.07) is 8.25. The van der Waals surface area contributed by atoms with Gasteiger partial charge in [0, 0.05) is 17.8 Å². The number of carboxylic acids is 1. The number of carboxylic acid groups (broad SMARTS) is 1. The third kappa shape index (κ3) is 4.67. The summed E-state index contributed by atoms with van der Waals surface area (Å²) in [5, 5.41) is 9.68. The lowest BCUT2D eigenvalue weighted by Gasteiger charge is -2.29. The van der Waals surface area contributed by atoms with E-state index in [1.807, 2.05) is 32.3 Å². The Morgan fingerprint density at radius 2 is 1.92 bits per heavy atom. The summed E-state index contributed by atoms with van der Waals surface area (Å²) in [6.45, 7) is 3.82. The zero-order valence-corrected chi connectivity index (χ0v) is 21.6. The molecule has 1 unspecified atom stereocenters. The number of methoxy groups -OCH3 is 1. The predicted octanol–water partition coefficient (Wildman–Crippen LogP) is 6.01. The molecule has 0 saturated heterocycles. The summed E-state index contributed by atoms with van der Waals surface area (Å²) in [4.78, 5) is 26.0. The summed E-state index contributed by atoms with van der Waals surface area (Å²) < 4.78 is 11.9. The molecule has 3 heterocycles. The quantitative estimate of drug-likeness (QED) is 0.405. The van der Waals surface area contributed by atoms with Gasteiger partial charge in [0.1, 0.15) is 17.5 Å². The van der Waals surface area contributed by atoms with Crippen molar-refractivity contribution in [2.24, 2.45) is 11.8 Å². The highest BCUT2D eigenvalue weighted by molar-refractivity contribution is 5.71. The first kappa shape index (κ1) is 23.9. The second-order valence-electron chi connectivity index (χ2n) is 10.8. The number of ether oxygens (including phenoxy) is 2. The smallest absolute Gasteiger partial charge is 0.306 e. The maximum atomic E-state index is 11.8. The standard InChI is InChI=1S/C30H33N3O4/c1-16(30(34)35)28(20-7-8-20)21-9-6-19-10-11-25(37-26(19)12-21)29-17(2)33-24(15-32-29)22-13-27(36-3)31-14-23(22)18-4-5-18/h6,9,12-16,18,20,25,28H,4-5,7-8,10-11H2,1-3H3,(H,34,35)/t16-,25?,28-/m0/s1. The molecule has 1 aliphatic heterocycles. The molecule has 192 valence electrons. The van der Waals surface area contributed by atoms with E-state index in [4.69, 9.17) is 19.4 Å². The van der Waals surface area contributed by atoms with Gasteiger partial charge in [-0.2, -0.15) is 0 Å². The van der Waals surface area contributed by atoms with Crippen LogP contribution in [-0.4, -0.2) is 33.1 Å². The average molecular weight is 500 g/mol. The number of pyridine rings is 1. The lowest BCUT2D eigenvalue weighted by atomic mass is 9.82. The Morgan fingerprint density at radius 1 is 1.11 bits per heavy atom. The van der Waals surface area contributed by atoms with Gasteiger partial charge in [-0.15, -0.1) is 0 Å². The van der Waals surface area contributed by atoms with Crippen molar-refractivity contribution in [3.8, 4) is 22.9 Å². The van der Waals surface area contributed by atoms with Crippen molar-refractivity contribution in [2.75, 3.05) is 7.11 Å². The highest BCUT2D eigenvalue weighted by atomic mass is 16.5. The second-order valence-corrected chi connectivity index (χ2v) is 10.8. The Labute approximate surface area is 217 Å². The van der Waals surface area contributed by atoms with E-state index in [0.717, 1.165) is 65.2 Å².